The molecule has 0 heterocycles. The largest absolute Gasteiger partial charge is 0.481 e. The van der Waals surface area contributed by atoms with Crippen molar-refractivity contribution in [3.8, 4) is 18.1 Å². The molecule has 0 saturated heterocycles. The van der Waals surface area contributed by atoms with Crippen LogP contribution in [0.1, 0.15) is 31.7 Å². The van der Waals surface area contributed by atoms with E-state index in [4.69, 9.17) is 11.2 Å². The average molecular weight is 243 g/mol. The van der Waals surface area contributed by atoms with Gasteiger partial charge in [-0.1, -0.05) is 37.5 Å². The summed E-state index contributed by atoms with van der Waals surface area (Å²) in [6.07, 6.45) is 9.28. The van der Waals surface area contributed by atoms with Gasteiger partial charge in [0.05, 0.1) is 0 Å². The van der Waals surface area contributed by atoms with Gasteiger partial charge in [-0.15, -0.1) is 6.42 Å². The SMILES string of the molecule is C#CCOc1ccccc1CNCC1(C)CCC1. The fourth-order valence-electron chi connectivity index (χ4n) is 2.37. The summed E-state index contributed by atoms with van der Waals surface area (Å²) < 4.78 is 5.53. The second-order valence-corrected chi connectivity index (χ2v) is 5.37. The van der Waals surface area contributed by atoms with Gasteiger partial charge in [0.2, 0.25) is 0 Å². The summed E-state index contributed by atoms with van der Waals surface area (Å²) in [6, 6.07) is 8.06. The van der Waals surface area contributed by atoms with Gasteiger partial charge < -0.3 is 10.1 Å². The van der Waals surface area contributed by atoms with Crippen LogP contribution in [0.3, 0.4) is 0 Å². The molecule has 0 atom stereocenters. The molecule has 2 rings (SSSR count). The molecular formula is C16H21NO. The third-order valence-electron chi connectivity index (χ3n) is 3.71. The molecule has 0 bridgehead atoms. The molecule has 1 aromatic carbocycles. The summed E-state index contributed by atoms with van der Waals surface area (Å²) in [5.41, 5.74) is 1.69. The van der Waals surface area contributed by atoms with Crippen LogP contribution in [0.4, 0.5) is 0 Å². The maximum atomic E-state index is 5.53. The Balaban J connectivity index is 1.86. The Morgan fingerprint density at radius 2 is 2.17 bits per heavy atom. The molecule has 0 unspecified atom stereocenters. The Morgan fingerprint density at radius 3 is 2.83 bits per heavy atom. The molecule has 18 heavy (non-hydrogen) atoms. The molecule has 1 aliphatic carbocycles. The maximum absolute atomic E-state index is 5.53. The minimum atomic E-state index is 0.328. The van der Waals surface area contributed by atoms with E-state index in [0.717, 1.165) is 18.8 Å². The third kappa shape index (κ3) is 3.27. The molecular weight excluding hydrogens is 222 g/mol. The standard InChI is InChI=1S/C16H21NO/c1-3-11-18-15-8-5-4-7-14(15)12-17-13-16(2)9-6-10-16/h1,4-5,7-8,17H,6,9-13H2,2H3. The topological polar surface area (TPSA) is 21.3 Å². The molecule has 1 N–H and O–H groups in total. The van der Waals surface area contributed by atoms with Crippen LogP contribution < -0.4 is 10.1 Å². The first kappa shape index (κ1) is 13.0. The van der Waals surface area contributed by atoms with Crippen LogP contribution in [0.15, 0.2) is 24.3 Å². The molecule has 1 aromatic rings. The number of para-hydroxylation sites is 1. The highest BCUT2D eigenvalue weighted by molar-refractivity contribution is 5.33. The lowest BCUT2D eigenvalue weighted by atomic mass is 9.70. The van der Waals surface area contributed by atoms with E-state index in [0.29, 0.717) is 12.0 Å². The first-order valence-corrected chi connectivity index (χ1v) is 6.58. The average Bonchev–Trinajstić information content (AvgIpc) is 2.35. The van der Waals surface area contributed by atoms with Crippen molar-refractivity contribution in [3.63, 3.8) is 0 Å². The lowest BCUT2D eigenvalue weighted by molar-refractivity contribution is 0.156. The first-order valence-electron chi connectivity index (χ1n) is 6.58. The number of rotatable bonds is 6. The van der Waals surface area contributed by atoms with Crippen LogP contribution in [0, 0.1) is 17.8 Å². The highest BCUT2D eigenvalue weighted by Gasteiger charge is 2.30. The van der Waals surface area contributed by atoms with Crippen molar-refractivity contribution in [3.05, 3.63) is 29.8 Å². The maximum Gasteiger partial charge on any atom is 0.148 e. The smallest absolute Gasteiger partial charge is 0.148 e. The van der Waals surface area contributed by atoms with Gasteiger partial charge in [-0.3, -0.25) is 0 Å². The van der Waals surface area contributed by atoms with Crippen molar-refractivity contribution in [1.82, 2.24) is 5.32 Å². The Kier molecular flexibility index (Phi) is 4.28. The Morgan fingerprint density at radius 1 is 1.39 bits per heavy atom. The molecule has 0 aliphatic heterocycles. The molecule has 0 radical (unpaired) electrons. The number of ether oxygens (including phenoxy) is 1. The fourth-order valence-corrected chi connectivity index (χ4v) is 2.37. The van der Waals surface area contributed by atoms with E-state index < -0.39 is 0 Å². The molecule has 0 amide bonds. The van der Waals surface area contributed by atoms with Gasteiger partial charge in [-0.2, -0.15) is 0 Å². The summed E-state index contributed by atoms with van der Waals surface area (Å²) in [6.45, 7) is 4.60. The van der Waals surface area contributed by atoms with Crippen molar-refractivity contribution >= 4 is 0 Å². The number of hydrogen-bond donors (Lipinski definition) is 1. The van der Waals surface area contributed by atoms with Gasteiger partial charge in [-0.05, 0) is 24.3 Å². The zero-order valence-corrected chi connectivity index (χ0v) is 11.0. The number of nitrogens with one attached hydrogen (secondary N) is 1. The second-order valence-electron chi connectivity index (χ2n) is 5.37. The molecule has 96 valence electrons. The summed E-state index contributed by atoms with van der Waals surface area (Å²) >= 11 is 0. The zero-order valence-electron chi connectivity index (χ0n) is 11.0. The van der Waals surface area contributed by atoms with Crippen LogP contribution in [0.5, 0.6) is 5.75 Å². The van der Waals surface area contributed by atoms with Crippen molar-refractivity contribution in [1.29, 1.82) is 0 Å². The monoisotopic (exact) mass is 243 g/mol. The molecule has 2 heteroatoms. The Labute approximate surface area is 110 Å². The third-order valence-corrected chi connectivity index (χ3v) is 3.71. The predicted molar refractivity (Wildman–Crippen MR) is 74.4 cm³/mol. The minimum Gasteiger partial charge on any atom is -0.481 e. The molecule has 0 aromatic heterocycles. The summed E-state index contributed by atoms with van der Waals surface area (Å²) in [7, 11) is 0. The van der Waals surface area contributed by atoms with Gasteiger partial charge >= 0.3 is 0 Å². The summed E-state index contributed by atoms with van der Waals surface area (Å²) in [4.78, 5) is 0. The molecule has 2 nitrogen and oxygen atoms in total. The molecule has 1 fully saturated rings. The first-order chi connectivity index (χ1) is 8.73. The van der Waals surface area contributed by atoms with Gasteiger partial charge in [-0.25, -0.2) is 0 Å². The van der Waals surface area contributed by atoms with Gasteiger partial charge in [0, 0.05) is 18.7 Å². The second kappa shape index (κ2) is 5.93. The Bertz CT molecular complexity index is 429. The van der Waals surface area contributed by atoms with E-state index in [1.165, 1.54) is 24.8 Å². The normalized spacial score (nSPS) is 16.7. The van der Waals surface area contributed by atoms with Crippen LogP contribution in [0.25, 0.3) is 0 Å². The number of benzene rings is 1. The quantitative estimate of drug-likeness (QED) is 0.776. The van der Waals surface area contributed by atoms with E-state index in [1.807, 2.05) is 18.2 Å². The lowest BCUT2D eigenvalue weighted by Gasteiger charge is -2.38. The van der Waals surface area contributed by atoms with Crippen molar-refractivity contribution in [2.24, 2.45) is 5.41 Å². The van der Waals surface area contributed by atoms with E-state index in [1.54, 1.807) is 0 Å². The van der Waals surface area contributed by atoms with Crippen molar-refractivity contribution in [2.45, 2.75) is 32.7 Å². The highest BCUT2D eigenvalue weighted by Crippen LogP contribution is 2.39. The molecule has 0 spiro atoms. The Hall–Kier alpha value is -1.46. The summed E-state index contributed by atoms with van der Waals surface area (Å²) in [5.74, 6) is 3.39. The van der Waals surface area contributed by atoms with E-state index in [9.17, 15) is 0 Å². The van der Waals surface area contributed by atoms with E-state index >= 15 is 0 Å². The lowest BCUT2D eigenvalue weighted by Crippen LogP contribution is -2.37. The van der Waals surface area contributed by atoms with Crippen molar-refractivity contribution in [2.75, 3.05) is 13.2 Å². The van der Waals surface area contributed by atoms with Crippen LogP contribution in [-0.4, -0.2) is 13.2 Å². The van der Waals surface area contributed by atoms with E-state index in [2.05, 4.69) is 24.2 Å². The van der Waals surface area contributed by atoms with Crippen LogP contribution in [-0.2, 0) is 6.54 Å². The van der Waals surface area contributed by atoms with E-state index in [-0.39, 0.29) is 0 Å². The van der Waals surface area contributed by atoms with Gasteiger partial charge in [0.25, 0.3) is 0 Å². The summed E-state index contributed by atoms with van der Waals surface area (Å²) in [5, 5.41) is 3.53. The highest BCUT2D eigenvalue weighted by atomic mass is 16.5. The molecule has 1 saturated carbocycles. The zero-order chi connectivity index (χ0) is 12.8. The predicted octanol–water partition coefficient (Wildman–Crippen LogP) is 2.98. The van der Waals surface area contributed by atoms with Gasteiger partial charge in [0.1, 0.15) is 12.4 Å². The molecule has 1 aliphatic rings. The van der Waals surface area contributed by atoms with Crippen molar-refractivity contribution < 1.29 is 4.74 Å². The van der Waals surface area contributed by atoms with Gasteiger partial charge in [0.15, 0.2) is 0 Å². The minimum absolute atomic E-state index is 0.328. The van der Waals surface area contributed by atoms with Crippen LogP contribution in [0.2, 0.25) is 0 Å². The fraction of sp³-hybridized carbons (Fsp3) is 0.500. The number of terminal acetylenes is 1. The van der Waals surface area contributed by atoms with Crippen LogP contribution >= 0.6 is 0 Å². The number of hydrogen-bond acceptors (Lipinski definition) is 2.